The summed E-state index contributed by atoms with van der Waals surface area (Å²) >= 11 is 1.98. The zero-order chi connectivity index (χ0) is 19.9. The maximum Gasteiger partial charge on any atom is 0.325 e. The molecular weight excluding hydrogens is 461 g/mol. The van der Waals surface area contributed by atoms with E-state index in [1.807, 2.05) is 52.9 Å². The fourth-order valence-electron chi connectivity index (χ4n) is 2.69. The molecule has 0 spiro atoms. The van der Waals surface area contributed by atoms with Crippen molar-refractivity contribution in [1.82, 2.24) is 15.5 Å². The summed E-state index contributed by atoms with van der Waals surface area (Å²) in [6, 6.07) is 9.36. The van der Waals surface area contributed by atoms with E-state index in [0.717, 1.165) is 18.4 Å². The van der Waals surface area contributed by atoms with E-state index in [9.17, 15) is 14.4 Å². The number of nitrogens with zero attached hydrogens (tertiary/aromatic N) is 1. The van der Waals surface area contributed by atoms with Crippen molar-refractivity contribution in [3.63, 3.8) is 0 Å². The zero-order valence-electron chi connectivity index (χ0n) is 15.7. The van der Waals surface area contributed by atoms with Gasteiger partial charge in [0.2, 0.25) is 0 Å². The highest BCUT2D eigenvalue weighted by atomic mass is 127. The van der Waals surface area contributed by atoms with Crippen LogP contribution >= 0.6 is 22.6 Å². The number of carbonyl (C=O) groups excluding carboxylic acids is 3. The number of likely N-dealkylation sites (N-methyl/N-ethyl adjacent to an activating group) is 1. The van der Waals surface area contributed by atoms with Crippen LogP contribution < -0.4 is 10.6 Å². The minimum absolute atomic E-state index is 0.127. The quantitative estimate of drug-likeness (QED) is 0.242. The number of urea groups is 1. The van der Waals surface area contributed by atoms with Gasteiger partial charge in [0, 0.05) is 13.6 Å². The molecule has 3 amide bonds. The monoisotopic (exact) mass is 487 g/mol. The van der Waals surface area contributed by atoms with Crippen LogP contribution in [0.25, 0.3) is 0 Å². The zero-order valence-corrected chi connectivity index (χ0v) is 17.8. The molecule has 1 atom stereocenters. The Kier molecular flexibility index (Phi) is 7.88. The summed E-state index contributed by atoms with van der Waals surface area (Å²) in [4.78, 5) is 38.4. The number of hydrogen-bond donors (Lipinski definition) is 2. The third kappa shape index (κ3) is 6.67. The number of methoxy groups -OCH3 is 1. The Morgan fingerprint density at radius 2 is 1.93 bits per heavy atom. The molecule has 0 saturated heterocycles. The van der Waals surface area contributed by atoms with Gasteiger partial charge in [-0.15, -0.1) is 0 Å². The van der Waals surface area contributed by atoms with Gasteiger partial charge in [-0.3, -0.25) is 9.59 Å². The summed E-state index contributed by atoms with van der Waals surface area (Å²) in [6.45, 7) is 0.359. The normalized spacial score (nSPS) is 15.4. The smallest absolute Gasteiger partial charge is 0.325 e. The van der Waals surface area contributed by atoms with Crippen molar-refractivity contribution in [2.75, 3.05) is 27.2 Å². The van der Waals surface area contributed by atoms with Gasteiger partial charge in [-0.2, -0.15) is 0 Å². The molecule has 1 aliphatic rings. The van der Waals surface area contributed by atoms with Crippen LogP contribution in [-0.2, 0) is 20.7 Å². The molecule has 2 N–H and O–H groups in total. The molecule has 0 bridgehead atoms. The molecule has 148 valence electrons. The van der Waals surface area contributed by atoms with Crippen LogP contribution in [0.2, 0.25) is 0 Å². The average Bonchev–Trinajstić information content (AvgIpc) is 3.49. The summed E-state index contributed by atoms with van der Waals surface area (Å²) in [5, 5.41) is 5.45. The van der Waals surface area contributed by atoms with E-state index in [-0.39, 0.29) is 12.5 Å². The van der Waals surface area contributed by atoms with E-state index < -0.39 is 15.5 Å². The molecule has 8 heteroatoms. The molecule has 1 unspecified atom stereocenters. The van der Waals surface area contributed by atoms with Gasteiger partial charge in [-0.1, -0.05) is 30.3 Å². The molecule has 27 heavy (non-hydrogen) atoms. The summed E-state index contributed by atoms with van der Waals surface area (Å²) in [7, 11) is 2.84. The molecule has 0 aliphatic heterocycles. The predicted octanol–water partition coefficient (Wildman–Crippen LogP) is 2.09. The lowest BCUT2D eigenvalue weighted by atomic mass is 10.0. The van der Waals surface area contributed by atoms with Crippen molar-refractivity contribution in [1.29, 1.82) is 0 Å². The van der Waals surface area contributed by atoms with E-state index in [1.54, 1.807) is 7.05 Å². The Hall–Kier alpha value is -1.84. The number of aryl methyl sites for hydroxylation is 1. The van der Waals surface area contributed by atoms with Crippen molar-refractivity contribution in [3.8, 4) is 0 Å². The number of benzene rings is 1. The fourth-order valence-corrected chi connectivity index (χ4v) is 3.46. The molecule has 1 aromatic carbocycles. The number of alkyl halides is 1. The first-order valence-electron chi connectivity index (χ1n) is 8.97. The minimum atomic E-state index is -1.11. The topological polar surface area (TPSA) is 87.7 Å². The van der Waals surface area contributed by atoms with E-state index >= 15 is 0 Å². The number of carbonyl (C=O) groups is 3. The Balaban J connectivity index is 2.07. The van der Waals surface area contributed by atoms with Gasteiger partial charge in [-0.25, -0.2) is 4.79 Å². The number of ether oxygens (including phenoxy) is 1. The molecule has 1 aliphatic carbocycles. The van der Waals surface area contributed by atoms with Gasteiger partial charge >= 0.3 is 12.0 Å². The SMILES string of the molecule is CNC(=O)C(I)(CCc1ccccc1)NC(=O)N(CC(=O)OC)CC1CC1. The van der Waals surface area contributed by atoms with Crippen LogP contribution in [0, 0.1) is 5.92 Å². The fraction of sp³-hybridized carbons (Fsp3) is 0.526. The molecule has 1 saturated carbocycles. The second kappa shape index (κ2) is 9.91. The number of esters is 1. The van der Waals surface area contributed by atoms with Crippen LogP contribution in [0.15, 0.2) is 30.3 Å². The average molecular weight is 487 g/mol. The molecule has 2 rings (SSSR count). The Bertz CT molecular complexity index is 666. The molecule has 1 aromatic rings. The van der Waals surface area contributed by atoms with Gasteiger partial charge in [0.05, 0.1) is 7.11 Å². The highest BCUT2D eigenvalue weighted by Crippen LogP contribution is 2.30. The lowest BCUT2D eigenvalue weighted by Crippen LogP contribution is -2.58. The summed E-state index contributed by atoms with van der Waals surface area (Å²) < 4.78 is 3.58. The van der Waals surface area contributed by atoms with E-state index in [4.69, 9.17) is 4.74 Å². The van der Waals surface area contributed by atoms with Gasteiger partial charge in [0.15, 0.2) is 3.55 Å². The van der Waals surface area contributed by atoms with Gasteiger partial charge in [-0.05, 0) is 59.8 Å². The maximum absolute atomic E-state index is 12.8. The van der Waals surface area contributed by atoms with Gasteiger partial charge < -0.3 is 20.3 Å². The van der Waals surface area contributed by atoms with E-state index in [2.05, 4.69) is 10.6 Å². The molecule has 0 radical (unpaired) electrons. The van der Waals surface area contributed by atoms with Crippen LogP contribution in [0.5, 0.6) is 0 Å². The van der Waals surface area contributed by atoms with Gasteiger partial charge in [0.1, 0.15) is 6.54 Å². The first-order valence-corrected chi connectivity index (χ1v) is 10.0. The van der Waals surface area contributed by atoms with E-state index in [0.29, 0.717) is 25.3 Å². The Morgan fingerprint density at radius 3 is 2.48 bits per heavy atom. The second-order valence-electron chi connectivity index (χ2n) is 6.70. The van der Waals surface area contributed by atoms with E-state index in [1.165, 1.54) is 12.0 Å². The summed E-state index contributed by atoms with van der Waals surface area (Å²) in [5.41, 5.74) is 1.08. The van der Waals surface area contributed by atoms with Crippen LogP contribution in [0.4, 0.5) is 4.79 Å². The summed E-state index contributed by atoms with van der Waals surface area (Å²) in [6.07, 6.45) is 3.16. The third-order valence-electron chi connectivity index (χ3n) is 4.50. The highest BCUT2D eigenvalue weighted by Gasteiger charge is 2.38. The largest absolute Gasteiger partial charge is 0.468 e. The minimum Gasteiger partial charge on any atom is -0.468 e. The first kappa shape index (κ1) is 21.5. The summed E-state index contributed by atoms with van der Waals surface area (Å²) in [5.74, 6) is -0.348. The molecule has 0 heterocycles. The molecular formula is C19H26IN3O4. The standard InChI is InChI=1S/C19H26IN3O4/c1-21-17(25)19(20,11-10-14-6-4-3-5-7-14)22-18(26)23(12-15-8-9-15)13-16(24)27-2/h3-7,15H,8-13H2,1-2H3,(H,21,25)(H,22,26). The Labute approximate surface area is 173 Å². The number of amides is 3. The van der Waals surface area contributed by atoms with Gasteiger partial charge in [0.25, 0.3) is 5.91 Å². The van der Waals surface area contributed by atoms with Crippen molar-refractivity contribution < 1.29 is 19.1 Å². The maximum atomic E-state index is 12.8. The predicted molar refractivity (Wildman–Crippen MR) is 110 cm³/mol. The lowest BCUT2D eigenvalue weighted by molar-refractivity contribution is -0.141. The van der Waals surface area contributed by atoms with Crippen molar-refractivity contribution >= 4 is 40.5 Å². The first-order chi connectivity index (χ1) is 12.9. The Morgan fingerprint density at radius 1 is 1.26 bits per heavy atom. The number of nitrogens with one attached hydrogen (secondary N) is 2. The highest BCUT2D eigenvalue weighted by molar-refractivity contribution is 14.1. The number of halogens is 1. The molecule has 7 nitrogen and oxygen atoms in total. The van der Waals surface area contributed by atoms with Crippen molar-refractivity contribution in [2.45, 2.75) is 29.2 Å². The van der Waals surface area contributed by atoms with Crippen LogP contribution in [0.1, 0.15) is 24.8 Å². The second-order valence-corrected chi connectivity index (χ2v) is 8.54. The number of rotatable bonds is 9. The molecule has 1 fully saturated rings. The van der Waals surface area contributed by atoms with Crippen molar-refractivity contribution in [2.24, 2.45) is 5.92 Å². The van der Waals surface area contributed by atoms with Crippen LogP contribution in [0.3, 0.4) is 0 Å². The van der Waals surface area contributed by atoms with Crippen molar-refractivity contribution in [3.05, 3.63) is 35.9 Å². The lowest BCUT2D eigenvalue weighted by Gasteiger charge is -2.31. The van der Waals surface area contributed by atoms with Crippen LogP contribution in [-0.4, -0.2) is 53.6 Å². The third-order valence-corrected chi connectivity index (χ3v) is 5.80. The molecule has 0 aromatic heterocycles. The number of hydrogen-bond acceptors (Lipinski definition) is 4.